The fourth-order valence-corrected chi connectivity index (χ4v) is 15.3. The summed E-state index contributed by atoms with van der Waals surface area (Å²) in [6.45, 7) is 46.0. The molecule has 0 aliphatic rings. The predicted octanol–water partition coefficient (Wildman–Crippen LogP) is 23.5. The fraction of sp³-hybridized carbons (Fsp3) is 0.340. The summed E-state index contributed by atoms with van der Waals surface area (Å²) in [6.07, 6.45) is 8.56. The summed E-state index contributed by atoms with van der Waals surface area (Å²) < 4.78 is 41.2. The van der Waals surface area contributed by atoms with Gasteiger partial charge in [0, 0.05) is 35.4 Å². The highest BCUT2D eigenvalue weighted by molar-refractivity contribution is 5.64. The highest BCUT2D eigenvalue weighted by atomic mass is 16.5. The van der Waals surface area contributed by atoms with Crippen molar-refractivity contribution in [2.75, 3.05) is 52.9 Å². The quantitative estimate of drug-likeness (QED) is 0.0264. The number of hydrogen-bond acceptors (Lipinski definition) is 6. The molecule has 0 unspecified atom stereocenters. The summed E-state index contributed by atoms with van der Waals surface area (Å²) in [4.78, 5) is 0. The Bertz CT molecular complexity index is 4410. The fourth-order valence-electron chi connectivity index (χ4n) is 15.3. The monoisotopic (exact) mass is 1520 g/mol. The molecule has 8 nitrogen and oxygen atoms in total. The van der Waals surface area contributed by atoms with Crippen LogP contribution in [0.1, 0.15) is 214 Å². The molecular formula is C106H122N2O6+2. The molecule has 0 radical (unpaired) electrons. The van der Waals surface area contributed by atoms with E-state index in [2.05, 4.69) is 401 Å². The first kappa shape index (κ1) is 83.1. The molecule has 0 saturated heterocycles. The molecule has 114 heavy (non-hydrogen) atoms. The molecule has 0 bridgehead atoms. The summed E-state index contributed by atoms with van der Waals surface area (Å²) in [7, 11) is 0. The van der Waals surface area contributed by atoms with E-state index in [-0.39, 0.29) is 32.5 Å². The number of rotatable bonds is 29. The highest BCUT2D eigenvalue weighted by Crippen LogP contribution is 2.49. The van der Waals surface area contributed by atoms with Gasteiger partial charge in [0.2, 0.25) is 0 Å². The van der Waals surface area contributed by atoms with Crippen LogP contribution in [-0.4, -0.2) is 52.9 Å². The first-order valence-electron chi connectivity index (χ1n) is 40.9. The van der Waals surface area contributed by atoms with Crippen molar-refractivity contribution in [3.8, 4) is 34.1 Å². The van der Waals surface area contributed by atoms with Crippen LogP contribution in [0.4, 0.5) is 0 Å². The number of benzene rings is 10. The summed E-state index contributed by atoms with van der Waals surface area (Å²) in [5.74, 6) is 3.23. The van der Waals surface area contributed by atoms with E-state index in [9.17, 15) is 0 Å². The van der Waals surface area contributed by atoms with Gasteiger partial charge in [-0.3, -0.25) is 0 Å². The zero-order valence-corrected chi connectivity index (χ0v) is 71.1. The van der Waals surface area contributed by atoms with Crippen molar-refractivity contribution in [3.63, 3.8) is 0 Å². The van der Waals surface area contributed by atoms with E-state index < -0.39 is 10.8 Å². The molecule has 0 amide bonds. The standard InChI is InChI=1S/C106H122N2O6/c1-99(2,3)81-23-35-87(36-24-81)105(88-37-25-82(26-38-88)100(4,5)6,89-39-27-83(28-40-89)101(7,8)9)93-47-55-97(56-48-93)113-73-69-109-67-71-111-95-51-19-77(20-52-95)75-107-63-59-79(60-64-107)80-61-65-108(66-62-80)76-78-21-53-96(54-22-78)112-72-68-110-70-74-114-98-57-49-94(50-58-98)106(90-41-29-84(30-42-90)102(10,11)12,91-43-31-85(32-44-91)103(13,14)15)92-45-33-86(34-46-92)104(16,17)18/h19-66H,67-76H2,1-18H3/q+2. The van der Waals surface area contributed by atoms with Crippen LogP contribution < -0.4 is 28.1 Å². The first-order chi connectivity index (χ1) is 54.2. The van der Waals surface area contributed by atoms with Gasteiger partial charge in [-0.2, -0.15) is 0 Å². The molecule has 2 heterocycles. The summed E-state index contributed by atoms with van der Waals surface area (Å²) in [6, 6.07) is 98.5. The van der Waals surface area contributed by atoms with Gasteiger partial charge in [0.25, 0.3) is 0 Å². The van der Waals surface area contributed by atoms with Crippen LogP contribution in [0.5, 0.6) is 23.0 Å². The summed E-state index contributed by atoms with van der Waals surface area (Å²) >= 11 is 0. The average molecular weight is 1520 g/mol. The summed E-state index contributed by atoms with van der Waals surface area (Å²) in [5, 5.41) is 0. The number of hydrogen-bond donors (Lipinski definition) is 0. The lowest BCUT2D eigenvalue weighted by Crippen LogP contribution is -2.33. The second-order valence-corrected chi connectivity index (χ2v) is 36.9. The minimum absolute atomic E-state index is 0.0273. The Hall–Kier alpha value is -10.4. The maximum atomic E-state index is 6.31. The Morgan fingerprint density at radius 2 is 0.342 bits per heavy atom. The van der Waals surface area contributed by atoms with Gasteiger partial charge in [-0.15, -0.1) is 0 Å². The van der Waals surface area contributed by atoms with E-state index in [0.29, 0.717) is 52.9 Å². The van der Waals surface area contributed by atoms with Crippen LogP contribution in [0.3, 0.4) is 0 Å². The Morgan fingerprint density at radius 1 is 0.184 bits per heavy atom. The maximum absolute atomic E-state index is 6.31. The molecule has 12 rings (SSSR count). The zero-order valence-electron chi connectivity index (χ0n) is 71.1. The molecule has 0 N–H and O–H groups in total. The van der Waals surface area contributed by atoms with Gasteiger partial charge >= 0.3 is 0 Å². The van der Waals surface area contributed by atoms with Crippen molar-refractivity contribution in [3.05, 3.63) is 381 Å². The van der Waals surface area contributed by atoms with Gasteiger partial charge < -0.3 is 28.4 Å². The number of nitrogens with zero attached hydrogens (tertiary/aromatic N) is 2. The number of aromatic nitrogens is 2. The Kier molecular flexibility index (Phi) is 25.6. The second-order valence-electron chi connectivity index (χ2n) is 36.9. The van der Waals surface area contributed by atoms with Gasteiger partial charge in [0.05, 0.1) is 37.3 Å². The summed E-state index contributed by atoms with van der Waals surface area (Å²) in [5.41, 5.74) is 21.2. The third-order valence-electron chi connectivity index (χ3n) is 22.4. The lowest BCUT2D eigenvalue weighted by atomic mass is 9.64. The van der Waals surface area contributed by atoms with E-state index in [1.165, 1.54) is 89.0 Å². The van der Waals surface area contributed by atoms with Crippen LogP contribution in [0.15, 0.2) is 292 Å². The van der Waals surface area contributed by atoms with E-state index in [1.54, 1.807) is 0 Å². The van der Waals surface area contributed by atoms with Crippen LogP contribution in [-0.2, 0) is 65.9 Å². The van der Waals surface area contributed by atoms with Crippen molar-refractivity contribution >= 4 is 0 Å². The molecule has 8 heteroatoms. The molecule has 0 spiro atoms. The van der Waals surface area contributed by atoms with Gasteiger partial charge in [-0.05, 0) is 194 Å². The molecule has 0 aliphatic heterocycles. The van der Waals surface area contributed by atoms with Crippen LogP contribution >= 0.6 is 0 Å². The third-order valence-corrected chi connectivity index (χ3v) is 22.4. The largest absolute Gasteiger partial charge is 0.491 e. The van der Waals surface area contributed by atoms with E-state index in [4.69, 9.17) is 28.4 Å². The normalized spacial score (nSPS) is 12.5. The lowest BCUT2D eigenvalue weighted by Gasteiger charge is -2.38. The van der Waals surface area contributed by atoms with Crippen molar-refractivity contribution in [2.24, 2.45) is 0 Å². The molecule has 0 aliphatic carbocycles. The Morgan fingerprint density at radius 3 is 0.518 bits per heavy atom. The van der Waals surface area contributed by atoms with E-state index in [1.807, 2.05) is 24.3 Å². The number of pyridine rings is 2. The van der Waals surface area contributed by atoms with Gasteiger partial charge in [0.1, 0.15) is 49.4 Å². The number of ether oxygens (including phenoxy) is 6. The average Bonchev–Trinajstić information content (AvgIpc) is 0.733. The molecule has 0 atom stereocenters. The second kappa shape index (κ2) is 35.2. The van der Waals surface area contributed by atoms with Crippen molar-refractivity contribution in [1.29, 1.82) is 0 Å². The van der Waals surface area contributed by atoms with Crippen molar-refractivity contribution in [2.45, 2.75) is 181 Å². The molecule has 2 aromatic heterocycles. The topological polar surface area (TPSA) is 63.1 Å². The molecule has 0 saturated carbocycles. The van der Waals surface area contributed by atoms with Crippen LogP contribution in [0.2, 0.25) is 0 Å². The Labute approximate surface area is 682 Å². The Balaban J connectivity index is 0.568. The van der Waals surface area contributed by atoms with Crippen LogP contribution in [0.25, 0.3) is 11.1 Å². The molecule has 10 aromatic carbocycles. The van der Waals surface area contributed by atoms with E-state index >= 15 is 0 Å². The smallest absolute Gasteiger partial charge is 0.173 e. The minimum Gasteiger partial charge on any atom is -0.491 e. The third kappa shape index (κ3) is 20.2. The van der Waals surface area contributed by atoms with Crippen molar-refractivity contribution in [1.82, 2.24) is 0 Å². The molecule has 0 fully saturated rings. The van der Waals surface area contributed by atoms with Crippen LogP contribution in [0, 0.1) is 0 Å². The molecular weight excluding hydrogens is 1400 g/mol. The SMILES string of the molecule is CC(C)(C)c1ccc(C(c2ccc(OCCOCCOc3ccc(C[n+]4ccc(-c5cc[n+](Cc6ccc(OCCOCCOc7ccc(C(c8ccc(C(C)(C)C)cc8)(c8ccc(C(C)(C)C)cc8)c8ccc(C(C)(C)C)cc8)cc7)cc6)cc5)cc4)cc3)cc2)(c2ccc(C(C)(C)C)cc2)c2ccc(C(C)(C)C)cc2)cc1. The van der Waals surface area contributed by atoms with Gasteiger partial charge in [0.15, 0.2) is 37.9 Å². The minimum atomic E-state index is -0.593. The van der Waals surface area contributed by atoms with E-state index in [0.717, 1.165) is 47.2 Å². The zero-order chi connectivity index (χ0) is 81.1. The lowest BCUT2D eigenvalue weighted by molar-refractivity contribution is -0.688. The van der Waals surface area contributed by atoms with Crippen molar-refractivity contribution < 1.29 is 37.6 Å². The first-order valence-corrected chi connectivity index (χ1v) is 40.9. The maximum Gasteiger partial charge on any atom is 0.173 e. The highest BCUT2D eigenvalue weighted by Gasteiger charge is 2.41. The van der Waals surface area contributed by atoms with Gasteiger partial charge in [-0.25, -0.2) is 9.13 Å². The molecule has 12 aromatic rings. The van der Waals surface area contributed by atoms with Gasteiger partial charge in [-0.1, -0.05) is 294 Å². The molecule has 590 valence electrons. The predicted molar refractivity (Wildman–Crippen MR) is 469 cm³/mol.